The lowest BCUT2D eigenvalue weighted by Crippen LogP contribution is -2.45. The van der Waals surface area contributed by atoms with E-state index in [0.717, 1.165) is 21.8 Å². The van der Waals surface area contributed by atoms with E-state index in [1.807, 2.05) is 54.6 Å². The van der Waals surface area contributed by atoms with Crippen molar-refractivity contribution >= 4 is 17.8 Å². The zero-order chi connectivity index (χ0) is 20.9. The number of methoxy groups -OCH3 is 1. The summed E-state index contributed by atoms with van der Waals surface area (Å²) in [7, 11) is 1.60. The van der Waals surface area contributed by atoms with Crippen LogP contribution in [0.5, 0.6) is 5.75 Å². The van der Waals surface area contributed by atoms with Crippen molar-refractivity contribution in [1.82, 2.24) is 15.5 Å². The Balaban J connectivity index is 1.55. The average molecular weight is 395 g/mol. The number of nitrogens with zero attached hydrogens (tertiary/aromatic N) is 1. The fourth-order valence-corrected chi connectivity index (χ4v) is 3.24. The van der Waals surface area contributed by atoms with Crippen molar-refractivity contribution in [3.05, 3.63) is 65.7 Å². The molecule has 152 valence electrons. The van der Waals surface area contributed by atoms with Crippen molar-refractivity contribution < 1.29 is 19.1 Å². The van der Waals surface area contributed by atoms with Gasteiger partial charge >= 0.3 is 6.03 Å². The topological polar surface area (TPSA) is 87.7 Å². The van der Waals surface area contributed by atoms with E-state index >= 15 is 0 Å². The van der Waals surface area contributed by atoms with Crippen LogP contribution in [0.4, 0.5) is 4.79 Å². The Morgan fingerprint density at radius 3 is 2.41 bits per heavy atom. The molecule has 2 aromatic carbocycles. The lowest BCUT2D eigenvalue weighted by molar-refractivity contribution is -0.134. The Morgan fingerprint density at radius 2 is 1.76 bits per heavy atom. The van der Waals surface area contributed by atoms with Crippen molar-refractivity contribution in [3.63, 3.8) is 0 Å². The molecular formula is C22H25N3O4. The van der Waals surface area contributed by atoms with E-state index in [9.17, 15) is 14.4 Å². The van der Waals surface area contributed by atoms with Crippen molar-refractivity contribution in [2.75, 3.05) is 13.7 Å². The normalized spacial score (nSPS) is 18.5. The van der Waals surface area contributed by atoms with Crippen LogP contribution in [0, 0.1) is 0 Å². The molecule has 0 unspecified atom stereocenters. The zero-order valence-corrected chi connectivity index (χ0v) is 16.6. The summed E-state index contributed by atoms with van der Waals surface area (Å²) in [5.74, 6) is 0.000489. The van der Waals surface area contributed by atoms with E-state index in [2.05, 4.69) is 10.6 Å². The minimum atomic E-state index is -1.03. The quantitative estimate of drug-likeness (QED) is 0.671. The maximum Gasteiger partial charge on any atom is 0.325 e. The molecule has 4 amide bonds. The summed E-state index contributed by atoms with van der Waals surface area (Å²) in [4.78, 5) is 38.3. The van der Waals surface area contributed by atoms with Crippen LogP contribution in [-0.4, -0.2) is 41.9 Å². The molecule has 1 heterocycles. The second-order valence-electron chi connectivity index (χ2n) is 7.26. The average Bonchev–Trinajstić information content (AvgIpc) is 2.95. The van der Waals surface area contributed by atoms with E-state index in [-0.39, 0.29) is 18.4 Å². The molecule has 0 saturated carbocycles. The standard InChI is InChI=1S/C22H25N3O4/c1-22(13-12-16-8-10-18(29-2)11-9-16)20(27)25(21(28)24-22)15-19(26)23-14-17-6-4-3-5-7-17/h3-11H,12-15H2,1-2H3,(H,23,26)(H,24,28)/t22-/m1/s1. The molecule has 0 spiro atoms. The first-order chi connectivity index (χ1) is 13.9. The minimum Gasteiger partial charge on any atom is -0.497 e. The first-order valence-corrected chi connectivity index (χ1v) is 9.49. The number of carbonyl (C=O) groups is 3. The van der Waals surface area contributed by atoms with E-state index < -0.39 is 11.6 Å². The van der Waals surface area contributed by atoms with Crippen LogP contribution in [0.25, 0.3) is 0 Å². The van der Waals surface area contributed by atoms with Gasteiger partial charge in [-0.15, -0.1) is 0 Å². The predicted molar refractivity (Wildman–Crippen MR) is 108 cm³/mol. The Bertz CT molecular complexity index is 883. The number of hydrogen-bond donors (Lipinski definition) is 2. The highest BCUT2D eigenvalue weighted by Crippen LogP contribution is 2.24. The second-order valence-corrected chi connectivity index (χ2v) is 7.26. The number of imide groups is 1. The van der Waals surface area contributed by atoms with Gasteiger partial charge in [0.2, 0.25) is 5.91 Å². The summed E-state index contributed by atoms with van der Waals surface area (Å²) < 4.78 is 5.14. The van der Waals surface area contributed by atoms with E-state index in [0.29, 0.717) is 19.4 Å². The van der Waals surface area contributed by atoms with Gasteiger partial charge in [0.1, 0.15) is 17.8 Å². The van der Waals surface area contributed by atoms with Gasteiger partial charge in [-0.2, -0.15) is 0 Å². The first-order valence-electron chi connectivity index (χ1n) is 9.49. The minimum absolute atomic E-state index is 0.296. The summed E-state index contributed by atoms with van der Waals surface area (Å²) >= 11 is 0. The second kappa shape index (κ2) is 8.77. The predicted octanol–water partition coefficient (Wildman–Crippen LogP) is 2.25. The Kier molecular flexibility index (Phi) is 6.16. The van der Waals surface area contributed by atoms with E-state index in [4.69, 9.17) is 4.74 Å². The van der Waals surface area contributed by atoms with Gasteiger partial charge in [0, 0.05) is 6.54 Å². The highest BCUT2D eigenvalue weighted by Gasteiger charge is 2.47. The van der Waals surface area contributed by atoms with Gasteiger partial charge in [0.15, 0.2) is 0 Å². The van der Waals surface area contributed by atoms with Crippen LogP contribution in [0.3, 0.4) is 0 Å². The molecule has 1 aliphatic heterocycles. The van der Waals surface area contributed by atoms with Crippen LogP contribution in [0.1, 0.15) is 24.5 Å². The van der Waals surface area contributed by atoms with Gasteiger partial charge in [-0.25, -0.2) is 4.79 Å². The fourth-order valence-electron chi connectivity index (χ4n) is 3.24. The van der Waals surface area contributed by atoms with Crippen molar-refractivity contribution in [2.45, 2.75) is 31.8 Å². The summed E-state index contributed by atoms with van der Waals surface area (Å²) in [6.07, 6.45) is 1.05. The number of rotatable bonds is 8. The molecule has 0 radical (unpaired) electrons. The van der Waals surface area contributed by atoms with Crippen molar-refractivity contribution in [1.29, 1.82) is 0 Å². The van der Waals surface area contributed by atoms with Crippen LogP contribution < -0.4 is 15.4 Å². The van der Waals surface area contributed by atoms with Crippen LogP contribution in [-0.2, 0) is 22.6 Å². The molecular weight excluding hydrogens is 370 g/mol. The Morgan fingerprint density at radius 1 is 1.07 bits per heavy atom. The summed E-state index contributed by atoms with van der Waals surface area (Å²) in [6, 6.07) is 16.5. The monoisotopic (exact) mass is 395 g/mol. The zero-order valence-electron chi connectivity index (χ0n) is 16.6. The SMILES string of the molecule is COc1ccc(CC[C@@]2(C)NC(=O)N(CC(=O)NCc3ccccc3)C2=O)cc1. The third kappa shape index (κ3) is 4.93. The van der Waals surface area contributed by atoms with Crippen molar-refractivity contribution in [2.24, 2.45) is 0 Å². The number of ether oxygens (including phenoxy) is 1. The molecule has 0 aliphatic carbocycles. The molecule has 0 bridgehead atoms. The molecule has 2 N–H and O–H groups in total. The Labute approximate surface area is 170 Å². The molecule has 3 rings (SSSR count). The number of urea groups is 1. The number of aryl methyl sites for hydroxylation is 1. The lowest BCUT2D eigenvalue weighted by atomic mass is 9.93. The van der Waals surface area contributed by atoms with Crippen molar-refractivity contribution in [3.8, 4) is 5.75 Å². The molecule has 7 heteroatoms. The summed E-state index contributed by atoms with van der Waals surface area (Å²) in [5, 5.41) is 5.47. The van der Waals surface area contributed by atoms with Gasteiger partial charge in [0.05, 0.1) is 7.11 Å². The number of benzene rings is 2. The third-order valence-electron chi connectivity index (χ3n) is 5.05. The third-order valence-corrected chi connectivity index (χ3v) is 5.05. The molecule has 0 aromatic heterocycles. The number of hydrogen-bond acceptors (Lipinski definition) is 4. The molecule has 1 fully saturated rings. The lowest BCUT2D eigenvalue weighted by Gasteiger charge is -2.21. The molecule has 1 atom stereocenters. The molecule has 29 heavy (non-hydrogen) atoms. The van der Waals surface area contributed by atoms with Gasteiger partial charge in [0.25, 0.3) is 5.91 Å². The van der Waals surface area contributed by atoms with E-state index in [1.54, 1.807) is 14.0 Å². The van der Waals surface area contributed by atoms with Gasteiger partial charge in [-0.05, 0) is 43.0 Å². The van der Waals surface area contributed by atoms with Gasteiger partial charge in [-0.1, -0.05) is 42.5 Å². The largest absolute Gasteiger partial charge is 0.497 e. The fraction of sp³-hybridized carbons (Fsp3) is 0.318. The maximum atomic E-state index is 12.8. The molecule has 1 saturated heterocycles. The summed E-state index contributed by atoms with van der Waals surface area (Å²) in [6.45, 7) is 1.74. The number of nitrogens with one attached hydrogen (secondary N) is 2. The Hall–Kier alpha value is -3.35. The molecule has 7 nitrogen and oxygen atoms in total. The number of carbonyl (C=O) groups excluding carboxylic acids is 3. The highest BCUT2D eigenvalue weighted by molar-refractivity contribution is 6.08. The van der Waals surface area contributed by atoms with Crippen LogP contribution >= 0.6 is 0 Å². The maximum absolute atomic E-state index is 12.8. The van der Waals surface area contributed by atoms with Gasteiger partial charge in [-0.3, -0.25) is 14.5 Å². The highest BCUT2D eigenvalue weighted by atomic mass is 16.5. The smallest absolute Gasteiger partial charge is 0.325 e. The summed E-state index contributed by atoms with van der Waals surface area (Å²) in [5.41, 5.74) is 0.951. The van der Waals surface area contributed by atoms with Crippen LogP contribution in [0.2, 0.25) is 0 Å². The number of amides is 4. The van der Waals surface area contributed by atoms with Crippen LogP contribution in [0.15, 0.2) is 54.6 Å². The molecule has 1 aliphatic rings. The van der Waals surface area contributed by atoms with E-state index in [1.165, 1.54) is 0 Å². The molecule has 2 aromatic rings. The van der Waals surface area contributed by atoms with Gasteiger partial charge < -0.3 is 15.4 Å². The first kappa shape index (κ1) is 20.4.